The maximum atomic E-state index is 12.4. The smallest absolute Gasteiger partial charge is 0.209 e. The Balaban J connectivity index is 1.77. The van der Waals surface area contributed by atoms with Crippen LogP contribution in [0.4, 0.5) is 0 Å². The Kier molecular flexibility index (Phi) is 4.36. The summed E-state index contributed by atoms with van der Waals surface area (Å²) in [5, 5.41) is 1.80. The largest absolute Gasteiger partial charge is 0.225 e. The first-order valence-electron chi connectivity index (χ1n) is 6.93. The highest BCUT2D eigenvalue weighted by Crippen LogP contribution is 2.25. The molecule has 3 aromatic rings. The molecule has 0 spiro atoms. The minimum Gasteiger partial charge on any atom is -0.225 e. The number of hydrogen-bond donors (Lipinski definition) is 0. The minimum atomic E-state index is -3.34. The van der Waals surface area contributed by atoms with Crippen molar-refractivity contribution in [1.29, 1.82) is 0 Å². The second kappa shape index (κ2) is 6.42. The van der Waals surface area contributed by atoms with Gasteiger partial charge in [-0.2, -0.15) is 0 Å². The van der Waals surface area contributed by atoms with E-state index in [-0.39, 0.29) is 10.1 Å². The first-order valence-corrected chi connectivity index (χ1v) is 9.46. The standard InChI is InChI=1S/C17H15NO2S2/c19-22(20,12-11-14-7-3-1-4-8-14)17-18-16(13-21-17)15-9-5-2-6-10-15/h1-10,13H,11-12H2. The molecule has 0 unspecified atom stereocenters. The number of thiazole rings is 1. The zero-order valence-electron chi connectivity index (χ0n) is 11.8. The minimum absolute atomic E-state index is 0.0821. The summed E-state index contributed by atoms with van der Waals surface area (Å²) < 4.78 is 25.0. The molecule has 0 atom stereocenters. The van der Waals surface area contributed by atoms with Gasteiger partial charge >= 0.3 is 0 Å². The van der Waals surface area contributed by atoms with Crippen molar-refractivity contribution in [3.05, 3.63) is 71.6 Å². The van der Waals surface area contributed by atoms with E-state index < -0.39 is 9.84 Å². The van der Waals surface area contributed by atoms with Gasteiger partial charge in [0.25, 0.3) is 0 Å². The van der Waals surface area contributed by atoms with Gasteiger partial charge in [0, 0.05) is 10.9 Å². The number of sulfone groups is 1. The molecule has 1 heterocycles. The van der Waals surface area contributed by atoms with Crippen LogP contribution in [0.1, 0.15) is 5.56 Å². The normalized spacial score (nSPS) is 11.5. The summed E-state index contributed by atoms with van der Waals surface area (Å²) in [6.45, 7) is 0. The van der Waals surface area contributed by atoms with Crippen molar-refractivity contribution in [1.82, 2.24) is 4.98 Å². The summed E-state index contributed by atoms with van der Waals surface area (Å²) >= 11 is 1.19. The number of hydrogen-bond acceptors (Lipinski definition) is 4. The second-order valence-corrected chi connectivity index (χ2v) is 8.06. The number of nitrogens with zero attached hydrogens (tertiary/aromatic N) is 1. The predicted octanol–water partition coefficient (Wildman–Crippen LogP) is 3.83. The fourth-order valence-corrected chi connectivity index (χ4v) is 4.58. The Morgan fingerprint density at radius 1 is 0.909 bits per heavy atom. The topological polar surface area (TPSA) is 47.0 Å². The summed E-state index contributed by atoms with van der Waals surface area (Å²) in [6.07, 6.45) is 0.503. The molecule has 0 aliphatic carbocycles. The second-order valence-electron chi connectivity index (χ2n) is 4.92. The SMILES string of the molecule is O=S(=O)(CCc1ccccc1)c1nc(-c2ccccc2)cs1. The van der Waals surface area contributed by atoms with Gasteiger partial charge in [0.2, 0.25) is 14.2 Å². The molecule has 0 saturated carbocycles. The fourth-order valence-electron chi connectivity index (χ4n) is 2.13. The lowest BCUT2D eigenvalue weighted by Crippen LogP contribution is -2.09. The highest BCUT2D eigenvalue weighted by molar-refractivity contribution is 7.93. The average Bonchev–Trinajstić information content (AvgIpc) is 3.06. The van der Waals surface area contributed by atoms with Crippen LogP contribution in [0.25, 0.3) is 11.3 Å². The molecule has 3 nitrogen and oxygen atoms in total. The number of aryl methyl sites for hydroxylation is 1. The van der Waals surface area contributed by atoms with Crippen molar-refractivity contribution in [3.8, 4) is 11.3 Å². The Labute approximate surface area is 134 Å². The summed E-state index contributed by atoms with van der Waals surface area (Å²) in [5.74, 6) is 0.0821. The maximum absolute atomic E-state index is 12.4. The Hall–Kier alpha value is -1.98. The van der Waals surface area contributed by atoms with Crippen LogP contribution in [-0.2, 0) is 16.3 Å². The van der Waals surface area contributed by atoms with E-state index in [9.17, 15) is 8.42 Å². The van der Waals surface area contributed by atoms with Gasteiger partial charge in [0.05, 0.1) is 11.4 Å². The summed E-state index contributed by atoms with van der Waals surface area (Å²) in [6, 6.07) is 19.2. The van der Waals surface area contributed by atoms with Crippen LogP contribution in [0.5, 0.6) is 0 Å². The van der Waals surface area contributed by atoms with Gasteiger partial charge in [-0.3, -0.25) is 0 Å². The van der Waals surface area contributed by atoms with Crippen LogP contribution >= 0.6 is 11.3 Å². The Bertz CT molecular complexity index is 841. The van der Waals surface area contributed by atoms with Crippen LogP contribution in [0.3, 0.4) is 0 Å². The monoisotopic (exact) mass is 329 g/mol. The molecule has 22 heavy (non-hydrogen) atoms. The van der Waals surface area contributed by atoms with Crippen LogP contribution < -0.4 is 0 Å². The van der Waals surface area contributed by atoms with Gasteiger partial charge in [-0.15, -0.1) is 11.3 Å². The van der Waals surface area contributed by atoms with E-state index in [1.807, 2.05) is 60.7 Å². The van der Waals surface area contributed by atoms with Gasteiger partial charge in [-0.05, 0) is 12.0 Å². The van der Waals surface area contributed by atoms with Gasteiger partial charge in [-0.25, -0.2) is 13.4 Å². The predicted molar refractivity (Wildman–Crippen MR) is 89.7 cm³/mol. The summed E-state index contributed by atoms with van der Waals surface area (Å²) in [5.41, 5.74) is 2.66. The highest BCUT2D eigenvalue weighted by Gasteiger charge is 2.19. The lowest BCUT2D eigenvalue weighted by Gasteiger charge is -2.01. The van der Waals surface area contributed by atoms with E-state index in [4.69, 9.17) is 0 Å². The molecule has 0 aliphatic heterocycles. The van der Waals surface area contributed by atoms with Gasteiger partial charge in [0.15, 0.2) is 0 Å². The molecule has 112 valence electrons. The molecule has 0 N–H and O–H groups in total. The maximum Gasteiger partial charge on any atom is 0.209 e. The van der Waals surface area contributed by atoms with Crippen LogP contribution in [-0.4, -0.2) is 19.2 Å². The van der Waals surface area contributed by atoms with Gasteiger partial charge < -0.3 is 0 Å². The number of rotatable bonds is 5. The number of aromatic nitrogens is 1. The molecule has 1 aromatic heterocycles. The third kappa shape index (κ3) is 3.43. The van der Waals surface area contributed by atoms with Crippen molar-refractivity contribution in [2.75, 3.05) is 5.75 Å². The lowest BCUT2D eigenvalue weighted by molar-refractivity contribution is 0.594. The fraction of sp³-hybridized carbons (Fsp3) is 0.118. The molecule has 0 aliphatic rings. The van der Waals surface area contributed by atoms with Crippen molar-refractivity contribution >= 4 is 21.2 Å². The van der Waals surface area contributed by atoms with E-state index >= 15 is 0 Å². The Morgan fingerprint density at radius 2 is 1.55 bits per heavy atom. The van der Waals surface area contributed by atoms with E-state index in [1.54, 1.807) is 5.38 Å². The molecule has 0 bridgehead atoms. The van der Waals surface area contributed by atoms with Crippen molar-refractivity contribution < 1.29 is 8.42 Å². The van der Waals surface area contributed by atoms with E-state index in [2.05, 4.69) is 4.98 Å². The zero-order valence-corrected chi connectivity index (χ0v) is 13.5. The molecule has 0 radical (unpaired) electrons. The van der Waals surface area contributed by atoms with Crippen molar-refractivity contribution in [3.63, 3.8) is 0 Å². The van der Waals surface area contributed by atoms with E-state index in [0.717, 1.165) is 11.1 Å². The average molecular weight is 329 g/mol. The molecule has 2 aromatic carbocycles. The number of benzene rings is 2. The molecule has 5 heteroatoms. The zero-order chi connectivity index (χ0) is 15.4. The molecule has 3 rings (SSSR count). The van der Waals surface area contributed by atoms with Gasteiger partial charge in [0.1, 0.15) is 0 Å². The first-order chi connectivity index (χ1) is 10.6. The summed E-state index contributed by atoms with van der Waals surface area (Å²) in [7, 11) is -3.34. The lowest BCUT2D eigenvalue weighted by atomic mass is 10.2. The van der Waals surface area contributed by atoms with Crippen LogP contribution in [0, 0.1) is 0 Å². The summed E-state index contributed by atoms with van der Waals surface area (Å²) in [4.78, 5) is 4.30. The molecule has 0 saturated heterocycles. The third-order valence-electron chi connectivity index (χ3n) is 3.32. The highest BCUT2D eigenvalue weighted by atomic mass is 32.2. The van der Waals surface area contributed by atoms with Crippen LogP contribution in [0.2, 0.25) is 0 Å². The van der Waals surface area contributed by atoms with Crippen LogP contribution in [0.15, 0.2) is 70.4 Å². The van der Waals surface area contributed by atoms with Crippen molar-refractivity contribution in [2.45, 2.75) is 10.8 Å². The molecular formula is C17H15NO2S2. The first kappa shape index (κ1) is 14.9. The van der Waals surface area contributed by atoms with E-state index in [0.29, 0.717) is 12.1 Å². The van der Waals surface area contributed by atoms with Crippen molar-refractivity contribution in [2.24, 2.45) is 0 Å². The van der Waals surface area contributed by atoms with Gasteiger partial charge in [-0.1, -0.05) is 60.7 Å². The quantitative estimate of drug-likeness (QED) is 0.715. The Morgan fingerprint density at radius 3 is 2.23 bits per heavy atom. The third-order valence-corrected chi connectivity index (χ3v) is 6.37. The van der Waals surface area contributed by atoms with E-state index in [1.165, 1.54) is 11.3 Å². The molecular weight excluding hydrogens is 314 g/mol. The molecule has 0 fully saturated rings. The molecule has 0 amide bonds.